The number of carbonyl (C=O) groups excluding carboxylic acids is 2. The maximum atomic E-state index is 13.8. The summed E-state index contributed by atoms with van der Waals surface area (Å²) in [6.07, 6.45) is 7.97. The van der Waals surface area contributed by atoms with Gasteiger partial charge in [0.05, 0.1) is 0 Å². The first-order valence-corrected chi connectivity index (χ1v) is 9.60. The molecule has 29 heavy (non-hydrogen) atoms. The van der Waals surface area contributed by atoms with Crippen LogP contribution in [0.2, 0.25) is 0 Å². The number of nitrogens with one attached hydrogen (secondary N) is 2. The first-order chi connectivity index (χ1) is 13.9. The van der Waals surface area contributed by atoms with E-state index in [9.17, 15) is 23.2 Å². The van der Waals surface area contributed by atoms with Crippen molar-refractivity contribution in [3.8, 4) is 0 Å². The number of hydrogen-bond acceptors (Lipinski definition) is 3. The van der Waals surface area contributed by atoms with Crippen LogP contribution in [-0.4, -0.2) is 23.4 Å². The molecule has 1 aliphatic carbocycles. The van der Waals surface area contributed by atoms with Crippen LogP contribution in [0.15, 0.2) is 35.4 Å². The van der Waals surface area contributed by atoms with Crippen LogP contribution in [0.25, 0.3) is 0 Å². The number of pyridine rings is 1. The summed E-state index contributed by atoms with van der Waals surface area (Å²) in [4.78, 5) is 37.5. The Kier molecular flexibility index (Phi) is 6.41. The zero-order valence-corrected chi connectivity index (χ0v) is 16.1. The third kappa shape index (κ3) is 4.70. The Hall–Kier alpha value is -3.03. The lowest BCUT2D eigenvalue weighted by Crippen LogP contribution is -2.35. The van der Waals surface area contributed by atoms with E-state index in [-0.39, 0.29) is 29.3 Å². The summed E-state index contributed by atoms with van der Waals surface area (Å²) in [6.45, 7) is -0.210. The molecular formula is C21H23F2N3O3. The standard InChI is InChI=1S/C21H23F2N3O3/c1-24-20(28)16-11-26(15-5-3-2-4-6-15)12-17(19(16)27)21(29)25-10-13-7-8-14(22)9-18(13)23/h7-9,11-12,15H,2-6,10H2,1H3,(H,24,28)(H,25,29). The summed E-state index contributed by atoms with van der Waals surface area (Å²) in [7, 11) is 1.41. The SMILES string of the molecule is CNC(=O)c1cn(C2CCCCC2)cc(C(=O)NCc2ccc(F)cc2F)c1=O. The summed E-state index contributed by atoms with van der Waals surface area (Å²) in [6, 6.07) is 3.15. The monoisotopic (exact) mass is 403 g/mol. The van der Waals surface area contributed by atoms with E-state index in [1.165, 1.54) is 25.5 Å². The van der Waals surface area contributed by atoms with E-state index in [1.807, 2.05) is 0 Å². The quantitative estimate of drug-likeness (QED) is 0.806. The van der Waals surface area contributed by atoms with E-state index in [0.29, 0.717) is 0 Å². The summed E-state index contributed by atoms with van der Waals surface area (Å²) in [5, 5.41) is 4.90. The van der Waals surface area contributed by atoms with Crippen molar-refractivity contribution in [1.29, 1.82) is 0 Å². The van der Waals surface area contributed by atoms with E-state index >= 15 is 0 Å². The summed E-state index contributed by atoms with van der Waals surface area (Å²) < 4.78 is 28.6. The summed E-state index contributed by atoms with van der Waals surface area (Å²) in [5.74, 6) is -2.79. The number of benzene rings is 1. The highest BCUT2D eigenvalue weighted by Crippen LogP contribution is 2.28. The lowest BCUT2D eigenvalue weighted by Gasteiger charge is -2.25. The molecule has 0 bridgehead atoms. The number of nitrogens with zero attached hydrogens (tertiary/aromatic N) is 1. The Morgan fingerprint density at radius 1 is 1.07 bits per heavy atom. The topological polar surface area (TPSA) is 80.2 Å². The fourth-order valence-electron chi connectivity index (χ4n) is 3.58. The van der Waals surface area contributed by atoms with Gasteiger partial charge in [0.1, 0.15) is 22.8 Å². The van der Waals surface area contributed by atoms with Crippen LogP contribution in [0.1, 0.15) is 64.4 Å². The molecule has 2 N–H and O–H groups in total. The van der Waals surface area contributed by atoms with Gasteiger partial charge in [-0.05, 0) is 18.9 Å². The van der Waals surface area contributed by atoms with Gasteiger partial charge in [0.2, 0.25) is 5.43 Å². The van der Waals surface area contributed by atoms with Crippen molar-refractivity contribution >= 4 is 11.8 Å². The molecule has 0 atom stereocenters. The van der Waals surface area contributed by atoms with Gasteiger partial charge in [-0.25, -0.2) is 8.78 Å². The largest absolute Gasteiger partial charge is 0.355 e. The minimum atomic E-state index is -0.788. The number of rotatable bonds is 5. The Morgan fingerprint density at radius 2 is 1.72 bits per heavy atom. The van der Waals surface area contributed by atoms with Gasteiger partial charge < -0.3 is 15.2 Å². The highest BCUT2D eigenvalue weighted by molar-refractivity contribution is 5.99. The molecule has 2 amide bonds. The van der Waals surface area contributed by atoms with Gasteiger partial charge >= 0.3 is 0 Å². The fraction of sp³-hybridized carbons (Fsp3) is 0.381. The average molecular weight is 403 g/mol. The minimum Gasteiger partial charge on any atom is -0.355 e. The number of aromatic nitrogens is 1. The number of halogens is 2. The lowest BCUT2D eigenvalue weighted by atomic mass is 9.95. The molecule has 0 spiro atoms. The van der Waals surface area contributed by atoms with Crippen LogP contribution in [0, 0.1) is 11.6 Å². The van der Waals surface area contributed by atoms with Gasteiger partial charge in [0.25, 0.3) is 11.8 Å². The molecule has 1 heterocycles. The molecule has 0 radical (unpaired) electrons. The molecule has 3 rings (SSSR count). The molecule has 2 aromatic rings. The molecule has 1 aromatic heterocycles. The molecule has 1 aliphatic rings. The Bertz CT molecular complexity index is 982. The zero-order valence-electron chi connectivity index (χ0n) is 16.1. The predicted octanol–water partition coefficient (Wildman–Crippen LogP) is 2.92. The van der Waals surface area contributed by atoms with E-state index < -0.39 is 28.9 Å². The zero-order chi connectivity index (χ0) is 21.0. The molecule has 1 saturated carbocycles. The maximum Gasteiger partial charge on any atom is 0.257 e. The molecule has 154 valence electrons. The fourth-order valence-corrected chi connectivity index (χ4v) is 3.58. The molecule has 0 saturated heterocycles. The van der Waals surface area contributed by atoms with Crippen molar-refractivity contribution in [3.63, 3.8) is 0 Å². The summed E-state index contributed by atoms with van der Waals surface area (Å²) in [5.41, 5.74) is -0.888. The van der Waals surface area contributed by atoms with Crippen molar-refractivity contribution in [2.75, 3.05) is 7.05 Å². The van der Waals surface area contributed by atoms with Crippen molar-refractivity contribution in [2.45, 2.75) is 44.7 Å². The van der Waals surface area contributed by atoms with Crippen LogP contribution in [-0.2, 0) is 6.54 Å². The average Bonchev–Trinajstić information content (AvgIpc) is 2.73. The lowest BCUT2D eigenvalue weighted by molar-refractivity contribution is 0.0948. The molecule has 1 fully saturated rings. The smallest absolute Gasteiger partial charge is 0.257 e. The van der Waals surface area contributed by atoms with Crippen molar-refractivity contribution in [1.82, 2.24) is 15.2 Å². The Balaban J connectivity index is 1.90. The first kappa shape index (κ1) is 20.7. The van der Waals surface area contributed by atoms with Crippen molar-refractivity contribution < 1.29 is 18.4 Å². The van der Waals surface area contributed by atoms with E-state index in [0.717, 1.165) is 44.2 Å². The van der Waals surface area contributed by atoms with Gasteiger partial charge in [-0.2, -0.15) is 0 Å². The van der Waals surface area contributed by atoms with Crippen molar-refractivity contribution in [3.05, 3.63) is 69.1 Å². The molecule has 1 aromatic carbocycles. The van der Waals surface area contributed by atoms with E-state index in [1.54, 1.807) is 4.57 Å². The molecule has 6 nitrogen and oxygen atoms in total. The van der Waals surface area contributed by atoms with Gasteiger partial charge in [-0.15, -0.1) is 0 Å². The van der Waals surface area contributed by atoms with Crippen LogP contribution < -0.4 is 16.1 Å². The Labute approximate surface area is 166 Å². The van der Waals surface area contributed by atoms with Gasteiger partial charge in [-0.3, -0.25) is 14.4 Å². The van der Waals surface area contributed by atoms with Gasteiger partial charge in [-0.1, -0.05) is 25.3 Å². The Morgan fingerprint density at radius 3 is 2.34 bits per heavy atom. The maximum absolute atomic E-state index is 13.8. The molecule has 0 aliphatic heterocycles. The van der Waals surface area contributed by atoms with Crippen molar-refractivity contribution in [2.24, 2.45) is 0 Å². The molecule has 0 unspecified atom stereocenters. The van der Waals surface area contributed by atoms with Crippen LogP contribution in [0.5, 0.6) is 0 Å². The van der Waals surface area contributed by atoms with Crippen LogP contribution in [0.4, 0.5) is 8.78 Å². The second-order valence-electron chi connectivity index (χ2n) is 7.15. The molecule has 8 heteroatoms. The third-order valence-corrected chi connectivity index (χ3v) is 5.21. The van der Waals surface area contributed by atoms with Crippen LogP contribution >= 0.6 is 0 Å². The number of carbonyl (C=O) groups is 2. The summed E-state index contributed by atoms with van der Waals surface area (Å²) >= 11 is 0. The molecular weight excluding hydrogens is 380 g/mol. The normalized spacial score (nSPS) is 14.4. The highest BCUT2D eigenvalue weighted by atomic mass is 19.1. The predicted molar refractivity (Wildman–Crippen MR) is 104 cm³/mol. The van der Waals surface area contributed by atoms with E-state index in [2.05, 4.69) is 10.6 Å². The second-order valence-corrected chi connectivity index (χ2v) is 7.15. The first-order valence-electron chi connectivity index (χ1n) is 9.60. The third-order valence-electron chi connectivity index (χ3n) is 5.21. The van der Waals surface area contributed by atoms with Crippen LogP contribution in [0.3, 0.4) is 0 Å². The number of hydrogen-bond donors (Lipinski definition) is 2. The highest BCUT2D eigenvalue weighted by Gasteiger charge is 2.22. The van der Waals surface area contributed by atoms with E-state index in [4.69, 9.17) is 0 Å². The number of amides is 2. The minimum absolute atomic E-state index is 0.0924. The van der Waals surface area contributed by atoms with Gasteiger partial charge in [0, 0.05) is 43.7 Å². The second kappa shape index (κ2) is 8.98. The van der Waals surface area contributed by atoms with Gasteiger partial charge in [0.15, 0.2) is 0 Å².